The van der Waals surface area contributed by atoms with Gasteiger partial charge in [-0.2, -0.15) is 0 Å². The van der Waals surface area contributed by atoms with E-state index in [1.165, 1.54) is 6.92 Å². The van der Waals surface area contributed by atoms with E-state index in [9.17, 15) is 4.79 Å². The Bertz CT molecular complexity index is 822. The summed E-state index contributed by atoms with van der Waals surface area (Å²) in [6, 6.07) is 11.7. The van der Waals surface area contributed by atoms with Gasteiger partial charge >= 0.3 is 0 Å². The molecule has 0 aliphatic carbocycles. The predicted molar refractivity (Wildman–Crippen MR) is 106 cm³/mol. The Morgan fingerprint density at radius 2 is 2.16 bits per heavy atom. The number of carbonyl (C=O) groups is 1. The van der Waals surface area contributed by atoms with Gasteiger partial charge < -0.3 is 10.2 Å². The number of rotatable bonds is 5. The lowest BCUT2D eigenvalue weighted by atomic mass is 10.2. The van der Waals surface area contributed by atoms with Gasteiger partial charge in [-0.25, -0.2) is 4.98 Å². The van der Waals surface area contributed by atoms with Crippen molar-refractivity contribution in [1.82, 2.24) is 4.98 Å². The van der Waals surface area contributed by atoms with Crippen LogP contribution < -0.4 is 10.2 Å². The molecule has 0 fully saturated rings. The summed E-state index contributed by atoms with van der Waals surface area (Å²) in [6.07, 6.45) is 9.93. The molecule has 3 rings (SSSR count). The first kappa shape index (κ1) is 17.6. The molecule has 6 heteroatoms. The number of carbonyl (C=O) groups excluding carboxylic acids is 1. The second-order valence-electron chi connectivity index (χ2n) is 5.52. The Kier molecular flexibility index (Phi) is 5.79. The van der Waals surface area contributed by atoms with E-state index >= 15 is 0 Å². The average molecular weight is 372 g/mol. The second-order valence-corrected chi connectivity index (χ2v) is 7.03. The fourth-order valence-corrected chi connectivity index (χ4v) is 3.81. The van der Waals surface area contributed by atoms with Crippen molar-refractivity contribution in [3.05, 3.63) is 77.6 Å². The third kappa shape index (κ3) is 4.65. The first-order valence-electron chi connectivity index (χ1n) is 7.85. The van der Waals surface area contributed by atoms with Crippen molar-refractivity contribution in [2.24, 2.45) is 0 Å². The molecule has 0 bridgehead atoms. The molecule has 1 aromatic carbocycles. The molecular formula is C19H18ClN3OS. The Balaban J connectivity index is 1.71. The molecule has 2 aromatic rings. The van der Waals surface area contributed by atoms with Gasteiger partial charge in [-0.1, -0.05) is 35.9 Å². The van der Waals surface area contributed by atoms with Crippen molar-refractivity contribution >= 4 is 40.8 Å². The van der Waals surface area contributed by atoms with Crippen LogP contribution in [-0.4, -0.2) is 16.3 Å². The second kappa shape index (κ2) is 8.23. The Labute approximate surface area is 156 Å². The Morgan fingerprint density at radius 1 is 1.32 bits per heavy atom. The minimum absolute atomic E-state index is 0.123. The van der Waals surface area contributed by atoms with E-state index in [0.717, 1.165) is 22.0 Å². The normalized spacial score (nSPS) is 16.1. The van der Waals surface area contributed by atoms with Crippen molar-refractivity contribution in [3.63, 3.8) is 0 Å². The van der Waals surface area contributed by atoms with Gasteiger partial charge in [0.1, 0.15) is 5.82 Å². The molecule has 0 saturated carbocycles. The third-order valence-electron chi connectivity index (χ3n) is 3.59. The van der Waals surface area contributed by atoms with Crippen LogP contribution in [0.25, 0.3) is 0 Å². The standard InChI is InChI=1S/C19H18ClN3OS/c1-14(24)22-18-12-15(9-10-21-18)13-25-19-8-4-5-11-23(19)17-7-3-2-6-16(17)20/h2-12,19H,13H2,1H3,(H,21,22,24). The molecule has 1 aromatic heterocycles. The number of benzene rings is 1. The quantitative estimate of drug-likeness (QED) is 0.816. The summed E-state index contributed by atoms with van der Waals surface area (Å²) in [5.41, 5.74) is 2.08. The number of hydrogen-bond acceptors (Lipinski definition) is 4. The zero-order valence-electron chi connectivity index (χ0n) is 13.7. The van der Waals surface area contributed by atoms with Crippen molar-refractivity contribution in [2.75, 3.05) is 10.2 Å². The zero-order chi connectivity index (χ0) is 17.6. The zero-order valence-corrected chi connectivity index (χ0v) is 15.3. The monoisotopic (exact) mass is 371 g/mol. The first-order valence-corrected chi connectivity index (χ1v) is 9.28. The number of halogens is 1. The molecule has 0 radical (unpaired) electrons. The van der Waals surface area contributed by atoms with Crippen LogP contribution in [0.15, 0.2) is 67.0 Å². The third-order valence-corrected chi connectivity index (χ3v) is 5.13. The Hall–Kier alpha value is -2.24. The van der Waals surface area contributed by atoms with E-state index in [1.807, 2.05) is 54.8 Å². The van der Waals surface area contributed by atoms with E-state index in [2.05, 4.69) is 21.3 Å². The predicted octanol–water partition coefficient (Wildman–Crippen LogP) is 4.84. The molecule has 1 atom stereocenters. The van der Waals surface area contributed by atoms with Crippen LogP contribution in [0.4, 0.5) is 11.5 Å². The van der Waals surface area contributed by atoms with Crippen molar-refractivity contribution in [3.8, 4) is 0 Å². The average Bonchev–Trinajstić information content (AvgIpc) is 2.61. The van der Waals surface area contributed by atoms with E-state index in [0.29, 0.717) is 5.82 Å². The van der Waals surface area contributed by atoms with Gasteiger partial charge in [0.15, 0.2) is 0 Å². The highest BCUT2D eigenvalue weighted by Crippen LogP contribution is 2.33. The lowest BCUT2D eigenvalue weighted by Crippen LogP contribution is -2.27. The molecule has 1 aliphatic heterocycles. The summed E-state index contributed by atoms with van der Waals surface area (Å²) in [6.45, 7) is 1.48. The van der Waals surface area contributed by atoms with Gasteiger partial charge in [0.2, 0.25) is 5.91 Å². The Morgan fingerprint density at radius 3 is 2.96 bits per heavy atom. The van der Waals surface area contributed by atoms with Gasteiger partial charge in [-0.3, -0.25) is 4.79 Å². The maximum absolute atomic E-state index is 11.2. The number of nitrogens with zero attached hydrogens (tertiary/aromatic N) is 2. The molecule has 0 spiro atoms. The van der Waals surface area contributed by atoms with Crippen LogP contribution in [0, 0.1) is 0 Å². The SMILES string of the molecule is CC(=O)Nc1cc(CSC2C=CC=CN2c2ccccc2Cl)ccn1. The number of aromatic nitrogens is 1. The van der Waals surface area contributed by atoms with Gasteiger partial charge in [-0.15, -0.1) is 11.8 Å². The van der Waals surface area contributed by atoms with Crippen LogP contribution >= 0.6 is 23.4 Å². The number of amides is 1. The van der Waals surface area contributed by atoms with E-state index in [1.54, 1.807) is 18.0 Å². The molecule has 2 heterocycles. The van der Waals surface area contributed by atoms with Crippen LogP contribution in [0.2, 0.25) is 5.02 Å². The van der Waals surface area contributed by atoms with Crippen LogP contribution in [0.1, 0.15) is 12.5 Å². The minimum atomic E-state index is -0.123. The highest BCUT2D eigenvalue weighted by atomic mass is 35.5. The number of nitrogens with one attached hydrogen (secondary N) is 1. The molecule has 1 aliphatic rings. The minimum Gasteiger partial charge on any atom is -0.331 e. The van der Waals surface area contributed by atoms with Gasteiger partial charge in [0, 0.05) is 25.1 Å². The summed E-state index contributed by atoms with van der Waals surface area (Å²) < 4.78 is 0. The van der Waals surface area contributed by atoms with Crippen LogP contribution in [-0.2, 0) is 10.5 Å². The summed E-state index contributed by atoms with van der Waals surface area (Å²) in [4.78, 5) is 17.5. The topological polar surface area (TPSA) is 45.2 Å². The number of para-hydroxylation sites is 1. The highest BCUT2D eigenvalue weighted by Gasteiger charge is 2.18. The highest BCUT2D eigenvalue weighted by molar-refractivity contribution is 7.99. The van der Waals surface area contributed by atoms with Gasteiger partial charge in [0.05, 0.1) is 16.1 Å². The number of anilines is 2. The molecular weight excluding hydrogens is 354 g/mol. The lowest BCUT2D eigenvalue weighted by molar-refractivity contribution is -0.114. The summed E-state index contributed by atoms with van der Waals surface area (Å²) in [7, 11) is 0. The van der Waals surface area contributed by atoms with Crippen LogP contribution in [0.3, 0.4) is 0 Å². The lowest BCUT2D eigenvalue weighted by Gasteiger charge is -2.30. The molecule has 1 N–H and O–H groups in total. The van der Waals surface area contributed by atoms with E-state index < -0.39 is 0 Å². The van der Waals surface area contributed by atoms with Crippen molar-refractivity contribution in [1.29, 1.82) is 0 Å². The largest absolute Gasteiger partial charge is 0.331 e. The summed E-state index contributed by atoms with van der Waals surface area (Å²) in [5.74, 6) is 1.24. The molecule has 128 valence electrons. The number of allylic oxidation sites excluding steroid dienone is 2. The summed E-state index contributed by atoms with van der Waals surface area (Å²) in [5, 5.41) is 3.58. The van der Waals surface area contributed by atoms with Gasteiger partial charge in [0.25, 0.3) is 0 Å². The number of pyridine rings is 1. The molecule has 25 heavy (non-hydrogen) atoms. The summed E-state index contributed by atoms with van der Waals surface area (Å²) >= 11 is 8.13. The number of hydrogen-bond donors (Lipinski definition) is 1. The van der Waals surface area contributed by atoms with Gasteiger partial charge in [-0.05, 0) is 35.9 Å². The van der Waals surface area contributed by atoms with E-state index in [4.69, 9.17) is 11.6 Å². The fourth-order valence-electron chi connectivity index (χ4n) is 2.49. The smallest absolute Gasteiger partial charge is 0.222 e. The molecule has 1 unspecified atom stereocenters. The van der Waals surface area contributed by atoms with Crippen molar-refractivity contribution < 1.29 is 4.79 Å². The maximum Gasteiger partial charge on any atom is 0.222 e. The first-order chi connectivity index (χ1) is 12.1. The maximum atomic E-state index is 11.2. The molecule has 0 saturated heterocycles. The fraction of sp³-hybridized carbons (Fsp3) is 0.158. The van der Waals surface area contributed by atoms with Crippen molar-refractivity contribution in [2.45, 2.75) is 18.1 Å². The molecule has 1 amide bonds. The number of thioether (sulfide) groups is 1. The molecule has 4 nitrogen and oxygen atoms in total. The van der Waals surface area contributed by atoms with E-state index in [-0.39, 0.29) is 11.3 Å². The van der Waals surface area contributed by atoms with Crippen LogP contribution in [0.5, 0.6) is 0 Å².